The number of ether oxygens (including phenoxy) is 1. The highest BCUT2D eigenvalue weighted by Gasteiger charge is 2.15. The van der Waals surface area contributed by atoms with Crippen molar-refractivity contribution in [1.29, 1.82) is 0 Å². The zero-order valence-corrected chi connectivity index (χ0v) is 11.9. The van der Waals surface area contributed by atoms with Gasteiger partial charge in [-0.2, -0.15) is 0 Å². The maximum Gasteiger partial charge on any atom is 0.125 e. The number of para-hydroxylation sites is 1. The van der Waals surface area contributed by atoms with E-state index >= 15 is 0 Å². The zero-order chi connectivity index (χ0) is 13.1. The summed E-state index contributed by atoms with van der Waals surface area (Å²) in [6.45, 7) is 2.00. The molecule has 2 nitrogen and oxygen atoms in total. The van der Waals surface area contributed by atoms with Gasteiger partial charge in [-0.05, 0) is 30.2 Å². The third-order valence-corrected chi connectivity index (χ3v) is 3.82. The number of aryl methyl sites for hydroxylation is 1. The van der Waals surface area contributed by atoms with Crippen LogP contribution >= 0.6 is 15.9 Å². The Labute approximate surface area is 115 Å². The van der Waals surface area contributed by atoms with E-state index in [2.05, 4.69) is 15.9 Å². The topological polar surface area (TPSA) is 29.5 Å². The molecule has 3 heteroatoms. The van der Waals surface area contributed by atoms with Crippen LogP contribution in [0.1, 0.15) is 22.8 Å². The molecule has 0 amide bonds. The third kappa shape index (κ3) is 2.57. The summed E-state index contributed by atoms with van der Waals surface area (Å²) in [7, 11) is 1.61. The highest BCUT2D eigenvalue weighted by atomic mass is 79.9. The van der Waals surface area contributed by atoms with Crippen molar-refractivity contribution in [2.45, 2.75) is 13.0 Å². The van der Waals surface area contributed by atoms with Gasteiger partial charge in [-0.25, -0.2) is 0 Å². The van der Waals surface area contributed by atoms with Crippen LogP contribution in [0, 0.1) is 6.92 Å². The fourth-order valence-electron chi connectivity index (χ4n) is 1.91. The molecule has 1 unspecified atom stereocenters. The second-order valence-corrected chi connectivity index (χ2v) is 5.01. The molecule has 1 N–H and O–H groups in total. The SMILES string of the molecule is COc1ccccc1C(O)c1ccc(Br)c(C)c1. The van der Waals surface area contributed by atoms with Crippen molar-refractivity contribution < 1.29 is 9.84 Å². The minimum absolute atomic E-state index is 0.673. The highest BCUT2D eigenvalue weighted by molar-refractivity contribution is 9.10. The largest absolute Gasteiger partial charge is 0.496 e. The van der Waals surface area contributed by atoms with Crippen LogP contribution in [0.5, 0.6) is 5.75 Å². The minimum atomic E-state index is -0.673. The van der Waals surface area contributed by atoms with Gasteiger partial charge in [-0.3, -0.25) is 0 Å². The smallest absolute Gasteiger partial charge is 0.125 e. The van der Waals surface area contributed by atoms with E-state index in [1.165, 1.54) is 0 Å². The maximum atomic E-state index is 10.4. The van der Waals surface area contributed by atoms with Gasteiger partial charge in [0.1, 0.15) is 11.9 Å². The summed E-state index contributed by atoms with van der Waals surface area (Å²) in [6.07, 6.45) is -0.673. The van der Waals surface area contributed by atoms with Gasteiger partial charge < -0.3 is 9.84 Å². The quantitative estimate of drug-likeness (QED) is 0.933. The molecule has 0 heterocycles. The molecule has 0 aliphatic carbocycles. The summed E-state index contributed by atoms with van der Waals surface area (Å²) < 4.78 is 6.31. The molecule has 0 bridgehead atoms. The first-order valence-corrected chi connectivity index (χ1v) is 6.50. The van der Waals surface area contributed by atoms with E-state index in [-0.39, 0.29) is 0 Å². The van der Waals surface area contributed by atoms with Crippen LogP contribution in [0.4, 0.5) is 0 Å². The van der Waals surface area contributed by atoms with E-state index in [0.717, 1.165) is 21.2 Å². The lowest BCUT2D eigenvalue weighted by Crippen LogP contribution is -2.02. The molecule has 0 saturated heterocycles. The van der Waals surface area contributed by atoms with Crippen molar-refractivity contribution >= 4 is 15.9 Å². The molecule has 2 rings (SSSR count). The van der Waals surface area contributed by atoms with Crippen LogP contribution < -0.4 is 4.74 Å². The Morgan fingerprint density at radius 2 is 1.89 bits per heavy atom. The Hall–Kier alpha value is -1.32. The molecular formula is C15H15BrO2. The van der Waals surface area contributed by atoms with Gasteiger partial charge in [0.2, 0.25) is 0 Å². The first kappa shape index (κ1) is 13.1. The Bertz CT molecular complexity index is 552. The van der Waals surface area contributed by atoms with Crippen molar-refractivity contribution in [2.24, 2.45) is 0 Å². The summed E-state index contributed by atoms with van der Waals surface area (Å²) in [5, 5.41) is 10.4. The lowest BCUT2D eigenvalue weighted by molar-refractivity contribution is 0.214. The second kappa shape index (κ2) is 5.55. The van der Waals surface area contributed by atoms with Crippen molar-refractivity contribution in [3.05, 3.63) is 63.6 Å². The van der Waals surface area contributed by atoms with Gasteiger partial charge >= 0.3 is 0 Å². The van der Waals surface area contributed by atoms with Crippen LogP contribution in [0.25, 0.3) is 0 Å². The number of methoxy groups -OCH3 is 1. The van der Waals surface area contributed by atoms with Gasteiger partial charge in [0, 0.05) is 10.0 Å². The fourth-order valence-corrected chi connectivity index (χ4v) is 2.16. The Morgan fingerprint density at radius 1 is 1.17 bits per heavy atom. The van der Waals surface area contributed by atoms with Crippen LogP contribution in [0.3, 0.4) is 0 Å². The van der Waals surface area contributed by atoms with E-state index < -0.39 is 6.10 Å². The normalized spacial score (nSPS) is 12.2. The van der Waals surface area contributed by atoms with Gasteiger partial charge in [0.25, 0.3) is 0 Å². The van der Waals surface area contributed by atoms with Crippen LogP contribution in [0.2, 0.25) is 0 Å². The number of benzene rings is 2. The van der Waals surface area contributed by atoms with E-state index in [9.17, 15) is 5.11 Å². The zero-order valence-electron chi connectivity index (χ0n) is 10.4. The molecular weight excluding hydrogens is 292 g/mol. The summed E-state index contributed by atoms with van der Waals surface area (Å²) in [5.41, 5.74) is 2.74. The molecule has 2 aromatic rings. The number of aliphatic hydroxyl groups excluding tert-OH is 1. The van der Waals surface area contributed by atoms with E-state index in [1.54, 1.807) is 7.11 Å². The van der Waals surface area contributed by atoms with E-state index in [1.807, 2.05) is 49.4 Å². The summed E-state index contributed by atoms with van der Waals surface area (Å²) >= 11 is 3.46. The number of hydrogen-bond acceptors (Lipinski definition) is 2. The highest BCUT2D eigenvalue weighted by Crippen LogP contribution is 2.31. The van der Waals surface area contributed by atoms with Crippen molar-refractivity contribution in [3.63, 3.8) is 0 Å². The predicted octanol–water partition coefficient (Wildman–Crippen LogP) is 3.85. The standard InChI is InChI=1S/C15H15BrO2/c1-10-9-11(7-8-13(10)16)15(17)12-5-3-4-6-14(12)18-2/h3-9,15,17H,1-2H3. The van der Waals surface area contributed by atoms with Crippen molar-refractivity contribution in [1.82, 2.24) is 0 Å². The summed E-state index contributed by atoms with van der Waals surface area (Å²) in [4.78, 5) is 0. The molecule has 0 aromatic heterocycles. The number of aliphatic hydroxyl groups is 1. The molecule has 0 spiro atoms. The van der Waals surface area contributed by atoms with E-state index in [0.29, 0.717) is 5.75 Å². The first-order chi connectivity index (χ1) is 8.63. The molecule has 0 aliphatic heterocycles. The summed E-state index contributed by atoms with van der Waals surface area (Å²) in [6, 6.07) is 13.3. The molecule has 94 valence electrons. The molecule has 0 fully saturated rings. The van der Waals surface area contributed by atoms with Gasteiger partial charge in [-0.1, -0.05) is 46.3 Å². The molecule has 18 heavy (non-hydrogen) atoms. The average molecular weight is 307 g/mol. The Kier molecular flexibility index (Phi) is 4.04. The number of halogens is 1. The third-order valence-electron chi connectivity index (χ3n) is 2.93. The molecule has 0 aliphatic rings. The van der Waals surface area contributed by atoms with E-state index in [4.69, 9.17) is 4.74 Å². The minimum Gasteiger partial charge on any atom is -0.496 e. The number of rotatable bonds is 3. The first-order valence-electron chi connectivity index (χ1n) is 5.70. The average Bonchev–Trinajstić information content (AvgIpc) is 2.41. The van der Waals surface area contributed by atoms with Crippen molar-refractivity contribution in [2.75, 3.05) is 7.11 Å². The second-order valence-electron chi connectivity index (χ2n) is 4.15. The maximum absolute atomic E-state index is 10.4. The van der Waals surface area contributed by atoms with Crippen molar-refractivity contribution in [3.8, 4) is 5.75 Å². The van der Waals surface area contributed by atoms with Gasteiger partial charge in [-0.15, -0.1) is 0 Å². The molecule has 1 atom stereocenters. The fraction of sp³-hybridized carbons (Fsp3) is 0.200. The monoisotopic (exact) mass is 306 g/mol. The van der Waals surface area contributed by atoms with Crippen LogP contribution in [-0.2, 0) is 0 Å². The number of hydrogen-bond donors (Lipinski definition) is 1. The lowest BCUT2D eigenvalue weighted by Gasteiger charge is -2.15. The molecule has 2 aromatic carbocycles. The Balaban J connectivity index is 2.41. The van der Waals surface area contributed by atoms with Crippen LogP contribution in [-0.4, -0.2) is 12.2 Å². The Morgan fingerprint density at radius 3 is 2.56 bits per heavy atom. The molecule has 0 radical (unpaired) electrons. The van der Waals surface area contributed by atoms with Crippen LogP contribution in [0.15, 0.2) is 46.9 Å². The summed E-state index contributed by atoms with van der Waals surface area (Å²) in [5.74, 6) is 0.700. The predicted molar refractivity (Wildman–Crippen MR) is 75.9 cm³/mol. The van der Waals surface area contributed by atoms with Gasteiger partial charge in [0.15, 0.2) is 0 Å². The van der Waals surface area contributed by atoms with Gasteiger partial charge in [0.05, 0.1) is 7.11 Å². The molecule has 0 saturated carbocycles. The lowest BCUT2D eigenvalue weighted by atomic mass is 9.99.